The molecule has 1 N–H and O–H groups in total. The Morgan fingerprint density at radius 1 is 1.47 bits per heavy atom. The first-order valence-corrected chi connectivity index (χ1v) is 5.25. The van der Waals surface area contributed by atoms with Crippen LogP contribution in [0, 0.1) is 17.6 Å². The van der Waals surface area contributed by atoms with Crippen molar-refractivity contribution < 1.29 is 18.7 Å². The zero-order chi connectivity index (χ0) is 13.0. The van der Waals surface area contributed by atoms with Crippen LogP contribution in [0.4, 0.5) is 8.78 Å². The van der Waals surface area contributed by atoms with E-state index in [-0.39, 0.29) is 18.7 Å². The van der Waals surface area contributed by atoms with Gasteiger partial charge in [0.2, 0.25) is 0 Å². The van der Waals surface area contributed by atoms with E-state index in [4.69, 9.17) is 5.11 Å². The van der Waals surface area contributed by atoms with Crippen LogP contribution in [0.15, 0.2) is 18.2 Å². The summed E-state index contributed by atoms with van der Waals surface area (Å²) in [6, 6.07) is 3.25. The molecule has 0 heterocycles. The summed E-state index contributed by atoms with van der Waals surface area (Å²) < 4.78 is 26.2. The van der Waals surface area contributed by atoms with Crippen LogP contribution < -0.4 is 0 Å². The van der Waals surface area contributed by atoms with E-state index in [1.807, 2.05) is 0 Å². The highest BCUT2D eigenvalue weighted by molar-refractivity contribution is 5.69. The quantitative estimate of drug-likeness (QED) is 0.861. The maximum Gasteiger partial charge on any atom is 0.307 e. The Morgan fingerprint density at radius 3 is 2.71 bits per heavy atom. The van der Waals surface area contributed by atoms with Crippen molar-refractivity contribution in [1.29, 1.82) is 0 Å². The number of aliphatic carboxylic acids is 1. The molecule has 0 aliphatic rings. The van der Waals surface area contributed by atoms with Gasteiger partial charge in [0.05, 0.1) is 5.92 Å². The standard InChI is InChI=1S/C12H15F2NO2/c1-8(12(16)17)6-15(2)7-9-5-10(13)3-4-11(9)14/h3-5,8H,6-7H2,1-2H3,(H,16,17). The van der Waals surface area contributed by atoms with Crippen LogP contribution in [0.3, 0.4) is 0 Å². The lowest BCUT2D eigenvalue weighted by atomic mass is 10.1. The van der Waals surface area contributed by atoms with Gasteiger partial charge in [-0.05, 0) is 25.2 Å². The predicted molar refractivity (Wildman–Crippen MR) is 59.5 cm³/mol. The maximum atomic E-state index is 13.3. The van der Waals surface area contributed by atoms with Crippen LogP contribution in [0.2, 0.25) is 0 Å². The third-order valence-corrected chi connectivity index (χ3v) is 2.46. The summed E-state index contributed by atoms with van der Waals surface area (Å²) in [6.45, 7) is 2.03. The molecule has 1 atom stereocenters. The molecule has 94 valence electrons. The van der Waals surface area contributed by atoms with Crippen molar-refractivity contribution in [3.8, 4) is 0 Å². The molecule has 3 nitrogen and oxygen atoms in total. The van der Waals surface area contributed by atoms with Crippen LogP contribution in [0.5, 0.6) is 0 Å². The smallest absolute Gasteiger partial charge is 0.307 e. The van der Waals surface area contributed by atoms with Gasteiger partial charge in [-0.1, -0.05) is 6.92 Å². The fraction of sp³-hybridized carbons (Fsp3) is 0.417. The number of halogens is 2. The molecule has 17 heavy (non-hydrogen) atoms. The summed E-state index contributed by atoms with van der Waals surface area (Å²) >= 11 is 0. The van der Waals surface area contributed by atoms with E-state index in [1.54, 1.807) is 18.9 Å². The molecule has 0 amide bonds. The van der Waals surface area contributed by atoms with Gasteiger partial charge in [0.25, 0.3) is 0 Å². The van der Waals surface area contributed by atoms with E-state index >= 15 is 0 Å². The number of carboxylic acids is 1. The minimum absolute atomic E-state index is 0.182. The van der Waals surface area contributed by atoms with Crippen LogP contribution in [0.25, 0.3) is 0 Å². The molecule has 0 saturated heterocycles. The predicted octanol–water partition coefficient (Wildman–Crippen LogP) is 2.12. The molecule has 1 unspecified atom stereocenters. The first-order valence-electron chi connectivity index (χ1n) is 5.25. The first kappa shape index (κ1) is 13.6. The molecule has 1 rings (SSSR count). The number of benzene rings is 1. The van der Waals surface area contributed by atoms with Crippen molar-refractivity contribution in [3.63, 3.8) is 0 Å². The second-order valence-electron chi connectivity index (χ2n) is 4.17. The van der Waals surface area contributed by atoms with Gasteiger partial charge in [-0.2, -0.15) is 0 Å². The number of carbonyl (C=O) groups is 1. The van der Waals surface area contributed by atoms with Crippen molar-refractivity contribution in [2.45, 2.75) is 13.5 Å². The highest BCUT2D eigenvalue weighted by atomic mass is 19.1. The molecule has 0 saturated carbocycles. The summed E-state index contributed by atoms with van der Waals surface area (Å²) in [7, 11) is 1.67. The van der Waals surface area contributed by atoms with Crippen LogP contribution >= 0.6 is 0 Å². The Morgan fingerprint density at radius 2 is 2.12 bits per heavy atom. The SMILES string of the molecule is CC(CN(C)Cc1cc(F)ccc1F)C(=O)O. The second kappa shape index (κ2) is 5.72. The van der Waals surface area contributed by atoms with E-state index in [2.05, 4.69) is 0 Å². The summed E-state index contributed by atoms with van der Waals surface area (Å²) in [4.78, 5) is 12.3. The van der Waals surface area contributed by atoms with Gasteiger partial charge in [0, 0.05) is 18.7 Å². The first-order chi connectivity index (χ1) is 7.90. The summed E-state index contributed by atoms with van der Waals surface area (Å²) in [5, 5.41) is 8.73. The number of hydrogen-bond donors (Lipinski definition) is 1. The maximum absolute atomic E-state index is 13.3. The third kappa shape index (κ3) is 4.11. The summed E-state index contributed by atoms with van der Waals surface area (Å²) in [5.41, 5.74) is 0.227. The Balaban J connectivity index is 2.64. The molecule has 5 heteroatoms. The Hall–Kier alpha value is -1.49. The lowest BCUT2D eigenvalue weighted by Gasteiger charge is -2.19. The average molecular weight is 243 g/mol. The molecule has 0 bridgehead atoms. The zero-order valence-corrected chi connectivity index (χ0v) is 9.78. The monoisotopic (exact) mass is 243 g/mol. The van der Waals surface area contributed by atoms with Crippen LogP contribution in [-0.2, 0) is 11.3 Å². The molecule has 0 aliphatic heterocycles. The lowest BCUT2D eigenvalue weighted by molar-refractivity contribution is -0.141. The van der Waals surface area contributed by atoms with E-state index in [0.29, 0.717) is 0 Å². The lowest BCUT2D eigenvalue weighted by Crippen LogP contribution is -2.28. The summed E-state index contributed by atoms with van der Waals surface area (Å²) in [5.74, 6) is -2.43. The average Bonchev–Trinajstić information content (AvgIpc) is 2.23. The molecule has 0 fully saturated rings. The topological polar surface area (TPSA) is 40.5 Å². The highest BCUT2D eigenvalue weighted by Gasteiger charge is 2.15. The number of rotatable bonds is 5. The van der Waals surface area contributed by atoms with Gasteiger partial charge in [-0.25, -0.2) is 8.78 Å². The fourth-order valence-corrected chi connectivity index (χ4v) is 1.57. The molecule has 1 aromatic carbocycles. The minimum Gasteiger partial charge on any atom is -0.481 e. The fourth-order valence-electron chi connectivity index (χ4n) is 1.57. The second-order valence-corrected chi connectivity index (χ2v) is 4.17. The molecule has 0 spiro atoms. The van der Waals surface area contributed by atoms with Crippen molar-refractivity contribution in [1.82, 2.24) is 4.90 Å². The van der Waals surface area contributed by atoms with E-state index in [9.17, 15) is 13.6 Å². The largest absolute Gasteiger partial charge is 0.481 e. The van der Waals surface area contributed by atoms with Crippen molar-refractivity contribution in [3.05, 3.63) is 35.4 Å². The van der Waals surface area contributed by atoms with Gasteiger partial charge in [-0.3, -0.25) is 4.79 Å². The zero-order valence-electron chi connectivity index (χ0n) is 9.78. The van der Waals surface area contributed by atoms with E-state index in [1.165, 1.54) is 0 Å². The van der Waals surface area contributed by atoms with E-state index < -0.39 is 23.5 Å². The third-order valence-electron chi connectivity index (χ3n) is 2.46. The van der Waals surface area contributed by atoms with Gasteiger partial charge in [0.1, 0.15) is 11.6 Å². The van der Waals surface area contributed by atoms with Crippen molar-refractivity contribution in [2.24, 2.45) is 5.92 Å². The highest BCUT2D eigenvalue weighted by Crippen LogP contribution is 2.12. The Bertz CT molecular complexity index is 409. The van der Waals surface area contributed by atoms with Gasteiger partial charge in [0.15, 0.2) is 0 Å². The Labute approximate surface area is 98.7 Å². The van der Waals surface area contributed by atoms with Crippen molar-refractivity contribution >= 4 is 5.97 Å². The Kier molecular flexibility index (Phi) is 4.57. The van der Waals surface area contributed by atoms with Gasteiger partial charge < -0.3 is 10.0 Å². The number of nitrogens with zero attached hydrogens (tertiary/aromatic N) is 1. The molecular weight excluding hydrogens is 228 g/mol. The number of carboxylic acid groups (broad SMARTS) is 1. The van der Waals surface area contributed by atoms with Crippen LogP contribution in [0.1, 0.15) is 12.5 Å². The molecule has 0 radical (unpaired) electrons. The van der Waals surface area contributed by atoms with Crippen molar-refractivity contribution in [2.75, 3.05) is 13.6 Å². The van der Waals surface area contributed by atoms with Gasteiger partial charge in [-0.15, -0.1) is 0 Å². The minimum atomic E-state index is -0.906. The van der Waals surface area contributed by atoms with E-state index in [0.717, 1.165) is 18.2 Å². The normalized spacial score (nSPS) is 12.8. The molecule has 0 aliphatic carbocycles. The molecular formula is C12H15F2NO2. The van der Waals surface area contributed by atoms with Crippen LogP contribution in [-0.4, -0.2) is 29.6 Å². The molecule has 0 aromatic heterocycles. The van der Waals surface area contributed by atoms with Gasteiger partial charge >= 0.3 is 5.97 Å². The summed E-state index contributed by atoms with van der Waals surface area (Å²) in [6.07, 6.45) is 0. The molecule has 1 aromatic rings. The number of hydrogen-bond acceptors (Lipinski definition) is 2.